The molecular weight excluding hydrogens is 264 g/mol. The van der Waals surface area contributed by atoms with Gasteiger partial charge in [-0.15, -0.1) is 0 Å². The smallest absolute Gasteiger partial charge is 0.337 e. The molecule has 4 nitrogen and oxygen atoms in total. The van der Waals surface area contributed by atoms with Crippen LogP contribution in [-0.2, 0) is 11.2 Å². The van der Waals surface area contributed by atoms with Gasteiger partial charge in [0.1, 0.15) is 5.75 Å². The van der Waals surface area contributed by atoms with E-state index in [1.165, 1.54) is 0 Å². The normalized spacial score (nSPS) is 15.6. The number of carboxylic acids is 1. The summed E-state index contributed by atoms with van der Waals surface area (Å²) in [5.41, 5.74) is 1.30. The molecule has 1 heterocycles. The number of aliphatic hydroxyl groups excluding tert-OH is 1. The first-order valence-electron chi connectivity index (χ1n) is 4.45. The molecule has 0 saturated heterocycles. The zero-order chi connectivity index (χ0) is 11.0. The highest BCUT2D eigenvalue weighted by Gasteiger charge is 2.22. The van der Waals surface area contributed by atoms with E-state index in [9.17, 15) is 9.90 Å². The van der Waals surface area contributed by atoms with Crippen molar-refractivity contribution in [2.24, 2.45) is 0 Å². The van der Waals surface area contributed by atoms with E-state index in [2.05, 4.69) is 15.9 Å². The number of fused-ring (bicyclic) bond motifs is 1. The molecule has 0 bridgehead atoms. The van der Waals surface area contributed by atoms with Crippen molar-refractivity contribution in [1.82, 2.24) is 0 Å². The van der Waals surface area contributed by atoms with E-state index < -0.39 is 12.1 Å². The maximum atomic E-state index is 10.6. The van der Waals surface area contributed by atoms with Crippen molar-refractivity contribution < 1.29 is 19.7 Å². The highest BCUT2D eigenvalue weighted by molar-refractivity contribution is 9.10. The van der Waals surface area contributed by atoms with Crippen LogP contribution in [0, 0.1) is 0 Å². The van der Waals surface area contributed by atoms with E-state index in [1.807, 2.05) is 0 Å². The first-order chi connectivity index (χ1) is 7.09. The van der Waals surface area contributed by atoms with E-state index in [1.54, 1.807) is 12.1 Å². The number of carboxylic acid groups (broad SMARTS) is 1. The van der Waals surface area contributed by atoms with Crippen molar-refractivity contribution in [2.45, 2.75) is 12.5 Å². The van der Waals surface area contributed by atoms with Crippen LogP contribution in [0.4, 0.5) is 0 Å². The maximum Gasteiger partial charge on any atom is 0.337 e. The second kappa shape index (κ2) is 3.83. The van der Waals surface area contributed by atoms with Gasteiger partial charge in [-0.25, -0.2) is 4.79 Å². The Labute approximate surface area is 94.6 Å². The van der Waals surface area contributed by atoms with Crippen LogP contribution in [0.25, 0.3) is 0 Å². The van der Waals surface area contributed by atoms with Gasteiger partial charge in [0.15, 0.2) is 6.10 Å². The molecule has 0 amide bonds. The summed E-state index contributed by atoms with van der Waals surface area (Å²) < 4.78 is 6.04. The lowest BCUT2D eigenvalue weighted by Crippen LogP contribution is -2.10. The van der Waals surface area contributed by atoms with Crippen molar-refractivity contribution in [1.29, 1.82) is 0 Å². The summed E-state index contributed by atoms with van der Waals surface area (Å²) in [4.78, 5) is 10.6. The lowest BCUT2D eigenvalue weighted by molar-refractivity contribution is -0.146. The van der Waals surface area contributed by atoms with Gasteiger partial charge < -0.3 is 14.9 Å². The molecule has 0 fully saturated rings. The van der Waals surface area contributed by atoms with E-state index >= 15 is 0 Å². The monoisotopic (exact) mass is 272 g/mol. The molecule has 5 heteroatoms. The minimum atomic E-state index is -1.48. The molecule has 1 unspecified atom stereocenters. The van der Waals surface area contributed by atoms with Gasteiger partial charge >= 0.3 is 5.97 Å². The summed E-state index contributed by atoms with van der Waals surface area (Å²) in [5, 5.41) is 18.1. The van der Waals surface area contributed by atoms with Crippen molar-refractivity contribution in [3.8, 4) is 5.75 Å². The van der Waals surface area contributed by atoms with Gasteiger partial charge in [-0.3, -0.25) is 0 Å². The van der Waals surface area contributed by atoms with E-state index in [4.69, 9.17) is 9.84 Å². The van der Waals surface area contributed by atoms with Gasteiger partial charge in [-0.2, -0.15) is 0 Å². The Morgan fingerprint density at radius 2 is 2.27 bits per heavy atom. The summed E-state index contributed by atoms with van der Waals surface area (Å²) in [6, 6.07) is 3.24. The van der Waals surface area contributed by atoms with E-state index in [0.29, 0.717) is 16.6 Å². The standard InChI is InChI=1S/C10H9BrO4/c11-7-4-6(8(12)10(13)14)3-5-1-2-15-9(5)7/h3-4,8,12H,1-2H2,(H,13,14). The van der Waals surface area contributed by atoms with Crippen LogP contribution in [0.15, 0.2) is 16.6 Å². The quantitative estimate of drug-likeness (QED) is 0.857. The van der Waals surface area contributed by atoms with Gasteiger partial charge in [-0.1, -0.05) is 0 Å². The summed E-state index contributed by atoms with van der Waals surface area (Å²) in [7, 11) is 0. The fourth-order valence-corrected chi connectivity index (χ4v) is 2.22. The summed E-state index contributed by atoms with van der Waals surface area (Å²) in [5.74, 6) is -0.503. The Bertz CT molecular complexity index is 416. The number of hydrogen-bond donors (Lipinski definition) is 2. The number of carbonyl (C=O) groups is 1. The van der Waals surface area contributed by atoms with Crippen molar-refractivity contribution >= 4 is 21.9 Å². The number of benzene rings is 1. The largest absolute Gasteiger partial charge is 0.492 e. The Kier molecular flexibility index (Phi) is 2.67. The molecule has 0 radical (unpaired) electrons. The molecule has 80 valence electrons. The third-order valence-electron chi connectivity index (χ3n) is 2.31. The molecule has 0 spiro atoms. The summed E-state index contributed by atoms with van der Waals surface area (Å²) >= 11 is 3.29. The SMILES string of the molecule is O=C(O)C(O)c1cc(Br)c2c(c1)CCO2. The number of ether oxygens (including phenoxy) is 1. The molecule has 2 rings (SSSR count). The van der Waals surface area contributed by atoms with Crippen LogP contribution < -0.4 is 4.74 Å². The lowest BCUT2D eigenvalue weighted by Gasteiger charge is -2.09. The molecular formula is C10H9BrO4. The highest BCUT2D eigenvalue weighted by Crippen LogP contribution is 2.36. The Morgan fingerprint density at radius 1 is 1.53 bits per heavy atom. The summed E-state index contributed by atoms with van der Waals surface area (Å²) in [6.45, 7) is 0.598. The van der Waals surface area contributed by atoms with Crippen LogP contribution in [0.5, 0.6) is 5.75 Å². The molecule has 0 saturated carbocycles. The number of hydrogen-bond acceptors (Lipinski definition) is 3. The molecule has 1 aromatic carbocycles. The first kappa shape index (κ1) is 10.4. The van der Waals surface area contributed by atoms with Crippen molar-refractivity contribution in [2.75, 3.05) is 6.61 Å². The fourth-order valence-electron chi connectivity index (χ4n) is 1.58. The second-order valence-electron chi connectivity index (χ2n) is 3.33. The first-order valence-corrected chi connectivity index (χ1v) is 5.25. The topological polar surface area (TPSA) is 66.8 Å². The van der Waals surface area contributed by atoms with E-state index in [-0.39, 0.29) is 0 Å². The molecule has 15 heavy (non-hydrogen) atoms. The Morgan fingerprint density at radius 3 is 2.93 bits per heavy atom. The van der Waals surface area contributed by atoms with Gasteiger partial charge in [0.05, 0.1) is 11.1 Å². The highest BCUT2D eigenvalue weighted by atomic mass is 79.9. The zero-order valence-electron chi connectivity index (χ0n) is 7.74. The Hall–Kier alpha value is -1.07. The van der Waals surface area contributed by atoms with Crippen LogP contribution in [0.1, 0.15) is 17.2 Å². The molecule has 1 aromatic rings. The predicted molar refractivity (Wildman–Crippen MR) is 55.9 cm³/mol. The van der Waals surface area contributed by atoms with Crippen LogP contribution >= 0.6 is 15.9 Å². The fraction of sp³-hybridized carbons (Fsp3) is 0.300. The third kappa shape index (κ3) is 1.85. The maximum absolute atomic E-state index is 10.6. The average molecular weight is 273 g/mol. The van der Waals surface area contributed by atoms with Gasteiger partial charge in [0.2, 0.25) is 0 Å². The molecule has 1 aliphatic heterocycles. The van der Waals surface area contributed by atoms with Crippen molar-refractivity contribution in [3.05, 3.63) is 27.7 Å². The molecule has 2 N–H and O–H groups in total. The minimum Gasteiger partial charge on any atom is -0.492 e. The lowest BCUT2D eigenvalue weighted by atomic mass is 10.0. The number of aliphatic carboxylic acids is 1. The Balaban J connectivity index is 2.43. The molecule has 1 aliphatic rings. The minimum absolute atomic E-state index is 0.374. The molecule has 0 aromatic heterocycles. The number of rotatable bonds is 2. The third-order valence-corrected chi connectivity index (χ3v) is 2.90. The van der Waals surface area contributed by atoms with Crippen LogP contribution in [0.3, 0.4) is 0 Å². The average Bonchev–Trinajstić information content (AvgIpc) is 2.64. The van der Waals surface area contributed by atoms with Crippen LogP contribution in [-0.4, -0.2) is 22.8 Å². The summed E-state index contributed by atoms with van der Waals surface area (Å²) in [6.07, 6.45) is -0.735. The van der Waals surface area contributed by atoms with Crippen molar-refractivity contribution in [3.63, 3.8) is 0 Å². The predicted octanol–water partition coefficient (Wildman–Crippen LogP) is 1.50. The second-order valence-corrected chi connectivity index (χ2v) is 4.18. The molecule has 0 aliphatic carbocycles. The number of halogens is 1. The van der Waals surface area contributed by atoms with E-state index in [0.717, 1.165) is 17.7 Å². The van der Waals surface area contributed by atoms with Gasteiger partial charge in [0.25, 0.3) is 0 Å². The van der Waals surface area contributed by atoms with Crippen LogP contribution in [0.2, 0.25) is 0 Å². The van der Waals surface area contributed by atoms with Gasteiger partial charge in [-0.05, 0) is 39.2 Å². The molecule has 1 atom stereocenters. The zero-order valence-corrected chi connectivity index (χ0v) is 9.32. The van der Waals surface area contributed by atoms with Gasteiger partial charge in [0, 0.05) is 6.42 Å². The number of aliphatic hydroxyl groups is 1.